The fourth-order valence-corrected chi connectivity index (χ4v) is 3.20. The molecule has 1 aromatic heterocycles. The maximum absolute atomic E-state index is 12.3. The van der Waals surface area contributed by atoms with Gasteiger partial charge in [0.25, 0.3) is 11.5 Å². The van der Waals surface area contributed by atoms with E-state index in [4.69, 9.17) is 4.74 Å². The monoisotopic (exact) mass is 349 g/mol. The van der Waals surface area contributed by atoms with Crippen molar-refractivity contribution in [1.82, 2.24) is 15.3 Å². The summed E-state index contributed by atoms with van der Waals surface area (Å²) < 4.78 is 5.89. The van der Waals surface area contributed by atoms with E-state index in [1.807, 2.05) is 20.8 Å². The molecular formula is C19H31N3O3. The van der Waals surface area contributed by atoms with Crippen LogP contribution in [-0.4, -0.2) is 35.1 Å². The third-order valence-corrected chi connectivity index (χ3v) is 4.79. The van der Waals surface area contributed by atoms with E-state index in [9.17, 15) is 9.59 Å². The van der Waals surface area contributed by atoms with Crippen molar-refractivity contribution < 1.29 is 9.53 Å². The maximum Gasteiger partial charge on any atom is 0.264 e. The van der Waals surface area contributed by atoms with Gasteiger partial charge < -0.3 is 15.0 Å². The molecule has 1 aliphatic rings. The average Bonchev–Trinajstić information content (AvgIpc) is 2.51. The number of H-pyrrole nitrogens is 1. The highest BCUT2D eigenvalue weighted by Crippen LogP contribution is 2.26. The molecule has 0 spiro atoms. The van der Waals surface area contributed by atoms with Crippen LogP contribution in [-0.2, 0) is 10.2 Å². The van der Waals surface area contributed by atoms with E-state index < -0.39 is 11.5 Å². The lowest BCUT2D eigenvalue weighted by Crippen LogP contribution is -2.36. The fraction of sp³-hybridized carbons (Fsp3) is 0.737. The highest BCUT2D eigenvalue weighted by atomic mass is 16.5. The highest BCUT2D eigenvalue weighted by Gasteiger charge is 2.23. The summed E-state index contributed by atoms with van der Waals surface area (Å²) in [5.41, 5.74) is -0.132. The third-order valence-electron chi connectivity index (χ3n) is 4.79. The molecule has 2 atom stereocenters. The van der Waals surface area contributed by atoms with Gasteiger partial charge in [0, 0.05) is 12.0 Å². The van der Waals surface area contributed by atoms with Crippen molar-refractivity contribution in [3.63, 3.8) is 0 Å². The molecule has 0 unspecified atom stereocenters. The quantitative estimate of drug-likeness (QED) is 0.801. The van der Waals surface area contributed by atoms with Crippen LogP contribution in [0.25, 0.3) is 0 Å². The predicted molar refractivity (Wildman–Crippen MR) is 98.0 cm³/mol. The minimum absolute atomic E-state index is 0.0824. The third kappa shape index (κ3) is 5.14. The topological polar surface area (TPSA) is 84.1 Å². The van der Waals surface area contributed by atoms with E-state index in [0.29, 0.717) is 30.6 Å². The second-order valence-corrected chi connectivity index (χ2v) is 8.05. The Balaban J connectivity index is 1.91. The number of amides is 1. The molecule has 1 amide bonds. The number of carbonyl (C=O) groups excluding carboxylic acids is 1. The van der Waals surface area contributed by atoms with Crippen LogP contribution in [0.15, 0.2) is 4.79 Å². The zero-order valence-electron chi connectivity index (χ0n) is 16.1. The zero-order valence-corrected chi connectivity index (χ0v) is 16.1. The normalized spacial score (nSPS) is 21.2. The lowest BCUT2D eigenvalue weighted by molar-refractivity contribution is -0.00294. The number of nitrogens with one attached hydrogen (secondary N) is 2. The summed E-state index contributed by atoms with van der Waals surface area (Å²) in [6.45, 7) is 10.7. The van der Waals surface area contributed by atoms with Crippen LogP contribution >= 0.6 is 0 Å². The van der Waals surface area contributed by atoms with Crippen LogP contribution < -0.4 is 10.9 Å². The lowest BCUT2D eigenvalue weighted by Gasteiger charge is -2.28. The van der Waals surface area contributed by atoms with Crippen molar-refractivity contribution in [2.24, 2.45) is 5.92 Å². The Morgan fingerprint density at radius 3 is 2.60 bits per heavy atom. The molecule has 0 bridgehead atoms. The number of aromatic amines is 1. The van der Waals surface area contributed by atoms with Crippen molar-refractivity contribution in [1.29, 1.82) is 0 Å². The van der Waals surface area contributed by atoms with Crippen molar-refractivity contribution in [3.05, 3.63) is 27.4 Å². The second-order valence-electron chi connectivity index (χ2n) is 8.05. The molecule has 1 fully saturated rings. The SMILES string of the molecule is Cc1nc(C(C)(C)C)[nH]c(=O)c1C(=O)NCCO[C@H]1CCCC[C@H]1C. The molecule has 1 saturated carbocycles. The first-order valence-electron chi connectivity index (χ1n) is 9.21. The molecule has 2 N–H and O–H groups in total. The van der Waals surface area contributed by atoms with Crippen LogP contribution in [0, 0.1) is 12.8 Å². The number of rotatable bonds is 5. The molecule has 0 radical (unpaired) electrons. The zero-order chi connectivity index (χ0) is 18.6. The van der Waals surface area contributed by atoms with Gasteiger partial charge in [-0.15, -0.1) is 0 Å². The molecule has 0 aliphatic heterocycles. The average molecular weight is 349 g/mol. The molecule has 6 heteroatoms. The molecule has 2 rings (SSSR count). The molecule has 25 heavy (non-hydrogen) atoms. The van der Waals surface area contributed by atoms with E-state index in [1.165, 1.54) is 19.3 Å². The first-order chi connectivity index (χ1) is 11.7. The minimum atomic E-state index is -0.396. The van der Waals surface area contributed by atoms with E-state index in [1.54, 1.807) is 6.92 Å². The molecule has 1 heterocycles. The first-order valence-corrected chi connectivity index (χ1v) is 9.21. The number of hydrogen-bond donors (Lipinski definition) is 2. The van der Waals surface area contributed by atoms with Crippen LogP contribution in [0.3, 0.4) is 0 Å². The first kappa shape index (κ1) is 19.6. The number of aryl methyl sites for hydroxylation is 1. The second kappa shape index (κ2) is 8.13. The molecule has 1 aliphatic carbocycles. The van der Waals surface area contributed by atoms with Gasteiger partial charge in [0.15, 0.2) is 0 Å². The lowest BCUT2D eigenvalue weighted by atomic mass is 9.88. The molecule has 6 nitrogen and oxygen atoms in total. The van der Waals surface area contributed by atoms with Gasteiger partial charge in [0.05, 0.1) is 18.4 Å². The Bertz CT molecular complexity index is 661. The molecule has 1 aromatic rings. The summed E-state index contributed by atoms with van der Waals surface area (Å²) in [4.78, 5) is 31.7. The molecule has 140 valence electrons. The Hall–Kier alpha value is -1.69. The van der Waals surface area contributed by atoms with Gasteiger partial charge in [-0.05, 0) is 25.7 Å². The Morgan fingerprint density at radius 2 is 2.00 bits per heavy atom. The van der Waals surface area contributed by atoms with Crippen LogP contribution in [0.4, 0.5) is 0 Å². The van der Waals surface area contributed by atoms with Gasteiger partial charge in [-0.3, -0.25) is 9.59 Å². The minimum Gasteiger partial charge on any atom is -0.376 e. The van der Waals surface area contributed by atoms with Crippen LogP contribution in [0.1, 0.15) is 75.3 Å². The van der Waals surface area contributed by atoms with E-state index in [2.05, 4.69) is 22.2 Å². The summed E-state index contributed by atoms with van der Waals surface area (Å²) in [5.74, 6) is 0.761. The maximum atomic E-state index is 12.3. The fourth-order valence-electron chi connectivity index (χ4n) is 3.20. The van der Waals surface area contributed by atoms with Crippen molar-refractivity contribution in [2.45, 2.75) is 71.8 Å². The summed E-state index contributed by atoms with van der Waals surface area (Å²) in [7, 11) is 0. The Labute approximate surface area is 149 Å². The predicted octanol–water partition coefficient (Wildman–Crippen LogP) is 2.70. The van der Waals surface area contributed by atoms with Gasteiger partial charge in [0.2, 0.25) is 0 Å². The van der Waals surface area contributed by atoms with Crippen LogP contribution in [0.5, 0.6) is 0 Å². The Morgan fingerprint density at radius 1 is 1.32 bits per heavy atom. The summed E-state index contributed by atoms with van der Waals surface area (Å²) in [5, 5.41) is 2.77. The van der Waals surface area contributed by atoms with E-state index in [-0.39, 0.29) is 17.1 Å². The van der Waals surface area contributed by atoms with Gasteiger partial charge in [0.1, 0.15) is 11.4 Å². The van der Waals surface area contributed by atoms with Gasteiger partial charge >= 0.3 is 0 Å². The van der Waals surface area contributed by atoms with Gasteiger partial charge in [-0.1, -0.05) is 40.5 Å². The number of carbonyl (C=O) groups is 1. The van der Waals surface area contributed by atoms with Crippen molar-refractivity contribution >= 4 is 5.91 Å². The van der Waals surface area contributed by atoms with Gasteiger partial charge in [-0.2, -0.15) is 0 Å². The summed E-state index contributed by atoms with van der Waals surface area (Å²) in [6.07, 6.45) is 5.06. The largest absolute Gasteiger partial charge is 0.376 e. The standard InChI is InChI=1S/C19H31N3O3/c1-12-8-6-7-9-14(12)25-11-10-20-16(23)15-13(2)21-18(19(3,4)5)22-17(15)24/h12,14H,6-11H2,1-5H3,(H,20,23)(H,21,22,24)/t12-,14+/m1/s1. The highest BCUT2D eigenvalue weighted by molar-refractivity contribution is 5.94. The van der Waals surface area contributed by atoms with Crippen LogP contribution in [0.2, 0.25) is 0 Å². The number of hydrogen-bond acceptors (Lipinski definition) is 4. The van der Waals surface area contributed by atoms with Crippen molar-refractivity contribution in [2.75, 3.05) is 13.2 Å². The molecule has 0 saturated heterocycles. The van der Waals surface area contributed by atoms with Gasteiger partial charge in [-0.25, -0.2) is 4.98 Å². The molecule has 0 aromatic carbocycles. The van der Waals surface area contributed by atoms with E-state index in [0.717, 1.165) is 6.42 Å². The number of nitrogens with zero attached hydrogens (tertiary/aromatic N) is 1. The number of ether oxygens (including phenoxy) is 1. The smallest absolute Gasteiger partial charge is 0.264 e. The van der Waals surface area contributed by atoms with E-state index >= 15 is 0 Å². The summed E-state index contributed by atoms with van der Waals surface area (Å²) >= 11 is 0. The molecular weight excluding hydrogens is 318 g/mol. The summed E-state index contributed by atoms with van der Waals surface area (Å²) in [6, 6.07) is 0. The van der Waals surface area contributed by atoms with Crippen molar-refractivity contribution in [3.8, 4) is 0 Å². The number of aromatic nitrogens is 2. The Kier molecular flexibility index (Phi) is 6.38.